The molecule has 1 heterocycles. The monoisotopic (exact) mass is 269 g/mol. The van der Waals surface area contributed by atoms with E-state index in [2.05, 4.69) is 28.0 Å². The molecule has 0 bridgehead atoms. The van der Waals surface area contributed by atoms with Crippen LogP contribution in [0.25, 0.3) is 11.0 Å². The van der Waals surface area contributed by atoms with Crippen molar-refractivity contribution in [3.63, 3.8) is 0 Å². The first-order chi connectivity index (χ1) is 9.76. The molecule has 104 valence electrons. The Morgan fingerprint density at radius 2 is 2.25 bits per heavy atom. The Labute approximate surface area is 119 Å². The van der Waals surface area contributed by atoms with Gasteiger partial charge in [-0.2, -0.15) is 0 Å². The van der Waals surface area contributed by atoms with Gasteiger partial charge in [0, 0.05) is 19.4 Å². The summed E-state index contributed by atoms with van der Waals surface area (Å²) in [6.45, 7) is 8.95. The predicted molar refractivity (Wildman–Crippen MR) is 83.7 cm³/mol. The number of methoxy groups -OCH3 is 1. The lowest BCUT2D eigenvalue weighted by atomic mass is 10.3. The zero-order chi connectivity index (χ0) is 14.4. The topological polar surface area (TPSA) is 39.1 Å². The summed E-state index contributed by atoms with van der Waals surface area (Å²) in [6.07, 6.45) is 5.39. The van der Waals surface area contributed by atoms with E-state index in [1.165, 1.54) is 0 Å². The van der Waals surface area contributed by atoms with Crippen molar-refractivity contribution in [3.8, 4) is 0 Å². The van der Waals surface area contributed by atoms with Gasteiger partial charge in [0.05, 0.1) is 17.6 Å². The fourth-order valence-corrected chi connectivity index (χ4v) is 1.95. The highest BCUT2D eigenvalue weighted by molar-refractivity contribution is 5.79. The van der Waals surface area contributed by atoms with Crippen molar-refractivity contribution in [3.05, 3.63) is 61.3 Å². The summed E-state index contributed by atoms with van der Waals surface area (Å²) in [4.78, 5) is 4.59. The molecule has 0 saturated carbocycles. The van der Waals surface area contributed by atoms with Gasteiger partial charge in [-0.05, 0) is 18.2 Å². The summed E-state index contributed by atoms with van der Waals surface area (Å²) in [7, 11) is 1.69. The van der Waals surface area contributed by atoms with Crippen LogP contribution in [-0.2, 0) is 11.3 Å². The van der Waals surface area contributed by atoms with Crippen molar-refractivity contribution in [1.29, 1.82) is 0 Å². The van der Waals surface area contributed by atoms with Crippen LogP contribution in [0.1, 0.15) is 0 Å². The number of hydrogen-bond donors (Lipinski definition) is 1. The second-order valence-corrected chi connectivity index (χ2v) is 4.31. The van der Waals surface area contributed by atoms with E-state index < -0.39 is 0 Å². The second-order valence-electron chi connectivity index (χ2n) is 4.31. The van der Waals surface area contributed by atoms with Gasteiger partial charge in [-0.3, -0.25) is 0 Å². The Kier molecular flexibility index (Phi) is 4.74. The van der Waals surface area contributed by atoms with Crippen LogP contribution >= 0.6 is 0 Å². The zero-order valence-electron chi connectivity index (χ0n) is 11.7. The average Bonchev–Trinajstić information content (AvgIpc) is 2.80. The van der Waals surface area contributed by atoms with Crippen molar-refractivity contribution in [2.45, 2.75) is 6.54 Å². The molecule has 0 aliphatic rings. The van der Waals surface area contributed by atoms with Crippen molar-refractivity contribution >= 4 is 17.0 Å². The van der Waals surface area contributed by atoms with Crippen LogP contribution in [0.3, 0.4) is 0 Å². The molecule has 1 aromatic carbocycles. The van der Waals surface area contributed by atoms with E-state index in [9.17, 15) is 0 Å². The van der Waals surface area contributed by atoms with Gasteiger partial charge in [0.15, 0.2) is 0 Å². The first-order valence-corrected chi connectivity index (χ1v) is 6.45. The first kappa shape index (κ1) is 14.1. The second kappa shape index (κ2) is 6.73. The Morgan fingerprint density at radius 1 is 1.45 bits per heavy atom. The molecule has 4 heteroatoms. The normalized spacial score (nSPS) is 11.1. The van der Waals surface area contributed by atoms with Gasteiger partial charge in [-0.1, -0.05) is 37.4 Å². The van der Waals surface area contributed by atoms with E-state index in [1.807, 2.05) is 36.4 Å². The Hall–Kier alpha value is -2.33. The maximum atomic E-state index is 5.16. The van der Waals surface area contributed by atoms with Crippen LogP contribution in [0.5, 0.6) is 0 Å². The van der Waals surface area contributed by atoms with Crippen LogP contribution in [0.15, 0.2) is 61.3 Å². The molecule has 0 amide bonds. The Bertz CT molecular complexity index is 640. The van der Waals surface area contributed by atoms with Crippen LogP contribution in [0.4, 0.5) is 5.95 Å². The van der Waals surface area contributed by atoms with Crippen LogP contribution in [0.2, 0.25) is 0 Å². The van der Waals surface area contributed by atoms with Crippen LogP contribution < -0.4 is 5.32 Å². The predicted octanol–water partition coefficient (Wildman–Crippen LogP) is 3.35. The molecule has 0 atom stereocenters. The molecule has 2 aromatic rings. The summed E-state index contributed by atoms with van der Waals surface area (Å²) in [6, 6.07) is 8.02. The fourth-order valence-electron chi connectivity index (χ4n) is 1.95. The molecule has 0 aliphatic carbocycles. The third kappa shape index (κ3) is 3.16. The highest BCUT2D eigenvalue weighted by atomic mass is 16.5. The number of allylic oxidation sites excluding steroid dienone is 3. The van der Waals surface area contributed by atoms with E-state index in [4.69, 9.17) is 4.74 Å². The summed E-state index contributed by atoms with van der Waals surface area (Å²) < 4.78 is 7.25. The molecule has 0 aliphatic heterocycles. The number of ether oxygens (including phenoxy) is 1. The third-order valence-corrected chi connectivity index (χ3v) is 2.88. The number of aromatic nitrogens is 2. The number of imidazole rings is 1. The van der Waals surface area contributed by atoms with E-state index >= 15 is 0 Å². The number of benzene rings is 1. The van der Waals surface area contributed by atoms with Crippen molar-refractivity contribution in [1.82, 2.24) is 9.55 Å². The van der Waals surface area contributed by atoms with Gasteiger partial charge in [-0.25, -0.2) is 4.98 Å². The molecule has 0 unspecified atom stereocenters. The SMILES string of the molecule is C=C/C=C\C(=C)Nc1nc2ccccc2n1CCOC. The lowest BCUT2D eigenvalue weighted by Gasteiger charge is -2.10. The molecular formula is C16H19N3O. The van der Waals surface area contributed by atoms with Gasteiger partial charge in [0.2, 0.25) is 5.95 Å². The highest BCUT2D eigenvalue weighted by Gasteiger charge is 2.09. The molecule has 1 aromatic heterocycles. The summed E-state index contributed by atoms with van der Waals surface area (Å²) >= 11 is 0. The number of para-hydroxylation sites is 2. The summed E-state index contributed by atoms with van der Waals surface area (Å²) in [5.41, 5.74) is 2.79. The number of anilines is 1. The minimum atomic E-state index is 0.629. The number of nitrogens with one attached hydrogen (secondary N) is 1. The molecular weight excluding hydrogens is 250 g/mol. The molecule has 20 heavy (non-hydrogen) atoms. The highest BCUT2D eigenvalue weighted by Crippen LogP contribution is 2.20. The molecule has 0 radical (unpaired) electrons. The molecule has 0 fully saturated rings. The van der Waals surface area contributed by atoms with Gasteiger partial charge < -0.3 is 14.6 Å². The van der Waals surface area contributed by atoms with Gasteiger partial charge in [-0.15, -0.1) is 0 Å². The molecule has 4 nitrogen and oxygen atoms in total. The molecule has 2 rings (SSSR count). The number of rotatable bonds is 7. The van der Waals surface area contributed by atoms with Gasteiger partial charge in [0.1, 0.15) is 0 Å². The lowest BCUT2D eigenvalue weighted by Crippen LogP contribution is -2.09. The van der Waals surface area contributed by atoms with E-state index in [0.717, 1.165) is 29.2 Å². The summed E-state index contributed by atoms with van der Waals surface area (Å²) in [5, 5.41) is 3.21. The standard InChI is InChI=1S/C16H19N3O/c1-4-5-8-13(2)17-16-18-14-9-6-7-10-15(14)19(16)11-12-20-3/h4-10H,1-2,11-12H2,3H3,(H,17,18)/b8-5-. The number of nitrogens with zero attached hydrogens (tertiary/aromatic N) is 2. The molecule has 0 spiro atoms. The number of fused-ring (bicyclic) bond motifs is 1. The average molecular weight is 269 g/mol. The van der Waals surface area contributed by atoms with Crippen LogP contribution in [-0.4, -0.2) is 23.3 Å². The minimum Gasteiger partial charge on any atom is -0.383 e. The molecule has 1 N–H and O–H groups in total. The minimum absolute atomic E-state index is 0.629. The first-order valence-electron chi connectivity index (χ1n) is 6.45. The molecule has 0 saturated heterocycles. The van der Waals surface area contributed by atoms with E-state index in [0.29, 0.717) is 6.61 Å². The maximum Gasteiger partial charge on any atom is 0.208 e. The zero-order valence-corrected chi connectivity index (χ0v) is 11.7. The largest absolute Gasteiger partial charge is 0.383 e. The lowest BCUT2D eigenvalue weighted by molar-refractivity contribution is 0.189. The third-order valence-electron chi connectivity index (χ3n) is 2.88. The number of hydrogen-bond acceptors (Lipinski definition) is 3. The van der Waals surface area contributed by atoms with Crippen molar-refractivity contribution in [2.75, 3.05) is 19.0 Å². The maximum absolute atomic E-state index is 5.16. The van der Waals surface area contributed by atoms with Gasteiger partial charge in [0.25, 0.3) is 0 Å². The van der Waals surface area contributed by atoms with Crippen molar-refractivity contribution in [2.24, 2.45) is 0 Å². The fraction of sp³-hybridized carbons (Fsp3) is 0.188. The van der Waals surface area contributed by atoms with Crippen molar-refractivity contribution < 1.29 is 4.74 Å². The quantitative estimate of drug-likeness (QED) is 0.783. The van der Waals surface area contributed by atoms with E-state index in [1.54, 1.807) is 13.2 Å². The van der Waals surface area contributed by atoms with Gasteiger partial charge >= 0.3 is 0 Å². The van der Waals surface area contributed by atoms with E-state index in [-0.39, 0.29) is 0 Å². The summed E-state index contributed by atoms with van der Waals surface area (Å²) in [5.74, 6) is 0.766. The Balaban J connectivity index is 2.33. The van der Waals surface area contributed by atoms with Crippen LogP contribution in [0, 0.1) is 0 Å². The smallest absolute Gasteiger partial charge is 0.208 e. The Morgan fingerprint density at radius 3 is 3.00 bits per heavy atom.